The summed E-state index contributed by atoms with van der Waals surface area (Å²) in [6.07, 6.45) is 0. The third-order valence-corrected chi connectivity index (χ3v) is 1.82. The highest BCUT2D eigenvalue weighted by atomic mass is 16.4. The molecule has 5 nitrogen and oxygen atoms in total. The number of hydrogen-bond donors (Lipinski definition) is 5. The molecule has 0 saturated heterocycles. The Morgan fingerprint density at radius 1 is 0.857 bits per heavy atom. The van der Waals surface area contributed by atoms with Gasteiger partial charge < -0.3 is 25.1 Å². The van der Waals surface area contributed by atoms with E-state index in [4.69, 9.17) is 25.1 Å². The summed E-state index contributed by atoms with van der Waals surface area (Å²) in [6, 6.07) is 3.99. The second-order valence-electron chi connectivity index (χ2n) is 2.91. The predicted octanol–water partition coefficient (Wildman–Crippen LogP) is -4.98. The summed E-state index contributed by atoms with van der Waals surface area (Å²) in [5, 5.41) is 44.3. The Kier molecular flexibility index (Phi) is 3.73. The van der Waals surface area contributed by atoms with Crippen molar-refractivity contribution in [3.8, 4) is 0 Å². The van der Waals surface area contributed by atoms with Crippen molar-refractivity contribution in [2.75, 3.05) is 0 Å². The Morgan fingerprint density at radius 2 is 1.29 bits per heavy atom. The second-order valence-corrected chi connectivity index (χ2v) is 2.91. The van der Waals surface area contributed by atoms with Crippen LogP contribution in [0.25, 0.3) is 0 Å². The van der Waals surface area contributed by atoms with Gasteiger partial charge in [0.15, 0.2) is 0 Å². The molecule has 0 spiro atoms. The van der Waals surface area contributed by atoms with Crippen LogP contribution in [0.5, 0.6) is 0 Å². The largest absolute Gasteiger partial charge is 0.488 e. The van der Waals surface area contributed by atoms with E-state index in [9.17, 15) is 0 Å². The Bertz CT molecular complexity index is 290. The molecule has 1 aromatic carbocycles. The van der Waals surface area contributed by atoms with Crippen LogP contribution in [0, 0.1) is 0 Å². The standard InChI is InChI=1S/C6H9B3O5/c10-7-4-1-5(8(11)12)3-6(2-4)9(13)14/h1-3,7,10-14H. The van der Waals surface area contributed by atoms with Crippen LogP contribution >= 0.6 is 0 Å². The van der Waals surface area contributed by atoms with Gasteiger partial charge in [-0.15, -0.1) is 0 Å². The van der Waals surface area contributed by atoms with Gasteiger partial charge in [0, 0.05) is 0 Å². The quantitative estimate of drug-likeness (QED) is 0.310. The van der Waals surface area contributed by atoms with E-state index in [1.165, 1.54) is 18.2 Å². The molecule has 0 aliphatic heterocycles. The Morgan fingerprint density at radius 3 is 1.57 bits per heavy atom. The molecule has 1 rings (SSSR count). The molecule has 0 atom stereocenters. The maximum absolute atomic E-state index is 8.86. The van der Waals surface area contributed by atoms with Crippen molar-refractivity contribution in [2.24, 2.45) is 0 Å². The van der Waals surface area contributed by atoms with E-state index in [0.717, 1.165) is 0 Å². The van der Waals surface area contributed by atoms with E-state index in [0.29, 0.717) is 5.46 Å². The number of hydrogen-bond acceptors (Lipinski definition) is 5. The fourth-order valence-electron chi connectivity index (χ4n) is 1.14. The van der Waals surface area contributed by atoms with Crippen LogP contribution in [0.2, 0.25) is 0 Å². The summed E-state index contributed by atoms with van der Waals surface area (Å²) < 4.78 is 0. The minimum atomic E-state index is -1.70. The van der Waals surface area contributed by atoms with Gasteiger partial charge in [-0.1, -0.05) is 23.7 Å². The fraction of sp³-hybridized carbons (Fsp3) is 0. The van der Waals surface area contributed by atoms with Gasteiger partial charge >= 0.3 is 21.7 Å². The number of rotatable bonds is 3. The lowest BCUT2D eigenvalue weighted by molar-refractivity contribution is 0.425. The van der Waals surface area contributed by atoms with Crippen LogP contribution in [0.15, 0.2) is 18.2 Å². The average Bonchev–Trinajstić information content (AvgIpc) is 2.16. The third-order valence-electron chi connectivity index (χ3n) is 1.82. The van der Waals surface area contributed by atoms with Crippen LogP contribution in [0.1, 0.15) is 0 Å². The molecule has 0 radical (unpaired) electrons. The molecule has 0 aliphatic rings. The highest BCUT2D eigenvalue weighted by Gasteiger charge is 2.18. The smallest absolute Gasteiger partial charge is 0.449 e. The fourth-order valence-corrected chi connectivity index (χ4v) is 1.14. The lowest BCUT2D eigenvalue weighted by Gasteiger charge is -2.06. The average molecular weight is 194 g/mol. The molecule has 0 aromatic heterocycles. The van der Waals surface area contributed by atoms with E-state index >= 15 is 0 Å². The molecule has 5 N–H and O–H groups in total. The normalized spacial score (nSPS) is 9.79. The van der Waals surface area contributed by atoms with Crippen LogP contribution < -0.4 is 16.4 Å². The molecule has 72 valence electrons. The first-order chi connectivity index (χ1) is 6.54. The molecule has 0 fully saturated rings. The second kappa shape index (κ2) is 4.63. The first-order valence-corrected chi connectivity index (χ1v) is 4.01. The lowest BCUT2D eigenvalue weighted by Crippen LogP contribution is -2.42. The molecule has 0 saturated carbocycles. The summed E-state index contributed by atoms with van der Waals surface area (Å²) in [7, 11) is -3.70. The van der Waals surface area contributed by atoms with Gasteiger partial charge in [-0.2, -0.15) is 0 Å². The minimum Gasteiger partial charge on any atom is -0.449 e. The molecule has 0 bridgehead atoms. The summed E-state index contributed by atoms with van der Waals surface area (Å²) in [4.78, 5) is 0. The molecule has 14 heavy (non-hydrogen) atoms. The third kappa shape index (κ3) is 2.60. The van der Waals surface area contributed by atoms with E-state index in [2.05, 4.69) is 0 Å². The molecule has 0 unspecified atom stereocenters. The highest BCUT2D eigenvalue weighted by Crippen LogP contribution is 1.82. The van der Waals surface area contributed by atoms with Gasteiger partial charge in [-0.05, 0) is 10.9 Å². The van der Waals surface area contributed by atoms with Crippen molar-refractivity contribution >= 4 is 38.1 Å². The highest BCUT2D eigenvalue weighted by molar-refractivity contribution is 6.64. The van der Waals surface area contributed by atoms with Crippen molar-refractivity contribution in [1.82, 2.24) is 0 Å². The monoisotopic (exact) mass is 194 g/mol. The van der Waals surface area contributed by atoms with Crippen molar-refractivity contribution < 1.29 is 25.1 Å². The summed E-state index contributed by atoms with van der Waals surface area (Å²) in [6.45, 7) is 0. The van der Waals surface area contributed by atoms with Crippen LogP contribution in [-0.2, 0) is 0 Å². The van der Waals surface area contributed by atoms with E-state index in [1.807, 2.05) is 0 Å². The van der Waals surface area contributed by atoms with E-state index in [-0.39, 0.29) is 18.4 Å². The zero-order chi connectivity index (χ0) is 10.7. The summed E-state index contributed by atoms with van der Waals surface area (Å²) >= 11 is 0. The predicted molar refractivity (Wildman–Crippen MR) is 55.1 cm³/mol. The van der Waals surface area contributed by atoms with Gasteiger partial charge in [-0.25, -0.2) is 0 Å². The molecule has 0 heterocycles. The first-order valence-electron chi connectivity index (χ1n) is 4.01. The Balaban J connectivity index is 3.13. The lowest BCUT2D eigenvalue weighted by atomic mass is 9.69. The van der Waals surface area contributed by atoms with Gasteiger partial charge in [0.05, 0.1) is 0 Å². The van der Waals surface area contributed by atoms with Crippen LogP contribution in [0.3, 0.4) is 0 Å². The molecule has 8 heteroatoms. The Hall–Kier alpha value is -0.785. The van der Waals surface area contributed by atoms with E-state index < -0.39 is 14.2 Å². The molecular weight excluding hydrogens is 184 g/mol. The summed E-state index contributed by atoms with van der Waals surface area (Å²) in [5.41, 5.74) is 0.609. The number of benzene rings is 1. The molecule has 0 amide bonds. The summed E-state index contributed by atoms with van der Waals surface area (Å²) in [5.74, 6) is 0. The van der Waals surface area contributed by atoms with Crippen LogP contribution in [0.4, 0.5) is 0 Å². The van der Waals surface area contributed by atoms with Gasteiger partial charge in [-0.3, -0.25) is 0 Å². The van der Waals surface area contributed by atoms with Gasteiger partial charge in [0.25, 0.3) is 0 Å². The zero-order valence-electron chi connectivity index (χ0n) is 7.33. The molecule has 0 aliphatic carbocycles. The minimum absolute atomic E-state index is 0.111. The SMILES string of the molecule is OBc1cc(B(O)O)cc(B(O)O)c1. The van der Waals surface area contributed by atoms with E-state index in [1.54, 1.807) is 0 Å². The topological polar surface area (TPSA) is 101 Å². The molecular formula is C6H9B3O5. The van der Waals surface area contributed by atoms with Gasteiger partial charge in [0.1, 0.15) is 0 Å². The Labute approximate surface area is 82.2 Å². The van der Waals surface area contributed by atoms with Crippen molar-refractivity contribution in [2.45, 2.75) is 0 Å². The molecule has 1 aromatic rings. The van der Waals surface area contributed by atoms with Gasteiger partial charge in [0.2, 0.25) is 0 Å². The van der Waals surface area contributed by atoms with Crippen molar-refractivity contribution in [3.63, 3.8) is 0 Å². The zero-order valence-corrected chi connectivity index (χ0v) is 7.33. The van der Waals surface area contributed by atoms with Crippen LogP contribution in [-0.4, -0.2) is 46.8 Å². The van der Waals surface area contributed by atoms with Crippen molar-refractivity contribution in [3.05, 3.63) is 18.2 Å². The van der Waals surface area contributed by atoms with Crippen molar-refractivity contribution in [1.29, 1.82) is 0 Å². The maximum atomic E-state index is 8.86. The maximum Gasteiger partial charge on any atom is 0.488 e. The first kappa shape index (κ1) is 11.3.